The Morgan fingerprint density at radius 2 is 2.00 bits per heavy atom. The van der Waals surface area contributed by atoms with E-state index < -0.39 is 0 Å². The summed E-state index contributed by atoms with van der Waals surface area (Å²) in [6, 6.07) is 0.965. The van der Waals surface area contributed by atoms with Gasteiger partial charge in [0.1, 0.15) is 0 Å². The summed E-state index contributed by atoms with van der Waals surface area (Å²) in [5, 5.41) is 6.55. The van der Waals surface area contributed by atoms with Crippen LogP contribution in [0.4, 0.5) is 0 Å². The van der Waals surface area contributed by atoms with E-state index in [1.165, 1.54) is 12.8 Å². The van der Waals surface area contributed by atoms with E-state index in [1.807, 2.05) is 0 Å². The van der Waals surface area contributed by atoms with Crippen molar-refractivity contribution in [2.75, 3.05) is 6.54 Å². The SMILES string of the molecule is CC1CC(NC(=O)[C@H]2CCN[C@@H](C)C2)C1. The van der Waals surface area contributed by atoms with Crippen molar-refractivity contribution in [3.8, 4) is 0 Å². The van der Waals surface area contributed by atoms with Gasteiger partial charge in [0.25, 0.3) is 0 Å². The zero-order valence-electron chi connectivity index (χ0n) is 9.75. The van der Waals surface area contributed by atoms with Crippen molar-refractivity contribution in [3.05, 3.63) is 0 Å². The van der Waals surface area contributed by atoms with E-state index in [0.29, 0.717) is 18.0 Å². The second kappa shape index (κ2) is 4.52. The van der Waals surface area contributed by atoms with Gasteiger partial charge in [-0.2, -0.15) is 0 Å². The summed E-state index contributed by atoms with van der Waals surface area (Å²) in [7, 11) is 0. The quantitative estimate of drug-likeness (QED) is 0.721. The highest BCUT2D eigenvalue weighted by molar-refractivity contribution is 5.79. The van der Waals surface area contributed by atoms with Crippen LogP contribution in [-0.2, 0) is 4.79 Å². The fourth-order valence-corrected chi connectivity index (χ4v) is 2.71. The van der Waals surface area contributed by atoms with Gasteiger partial charge in [-0.25, -0.2) is 0 Å². The van der Waals surface area contributed by atoms with E-state index in [1.54, 1.807) is 0 Å². The molecule has 0 aromatic carbocycles. The number of carbonyl (C=O) groups excluding carboxylic acids is 1. The number of amides is 1. The lowest BCUT2D eigenvalue weighted by Crippen LogP contribution is -2.48. The summed E-state index contributed by atoms with van der Waals surface area (Å²) in [5.74, 6) is 1.35. The van der Waals surface area contributed by atoms with Gasteiger partial charge in [0.2, 0.25) is 5.91 Å². The first-order chi connectivity index (χ1) is 7.15. The van der Waals surface area contributed by atoms with E-state index in [2.05, 4.69) is 24.5 Å². The minimum Gasteiger partial charge on any atom is -0.353 e. The van der Waals surface area contributed by atoms with Crippen molar-refractivity contribution in [2.24, 2.45) is 11.8 Å². The minimum absolute atomic E-state index is 0.247. The number of nitrogens with one attached hydrogen (secondary N) is 2. The van der Waals surface area contributed by atoms with Crippen molar-refractivity contribution in [1.29, 1.82) is 0 Å². The Balaban J connectivity index is 1.75. The lowest BCUT2D eigenvalue weighted by molar-refractivity contribution is -0.127. The number of piperidine rings is 1. The average Bonchev–Trinajstić information content (AvgIpc) is 2.15. The van der Waals surface area contributed by atoms with Crippen molar-refractivity contribution in [2.45, 2.75) is 51.6 Å². The molecule has 0 aromatic heterocycles. The van der Waals surface area contributed by atoms with Crippen LogP contribution in [0.15, 0.2) is 0 Å². The average molecular weight is 210 g/mol. The first-order valence-electron chi connectivity index (χ1n) is 6.19. The molecule has 3 heteroatoms. The monoisotopic (exact) mass is 210 g/mol. The van der Waals surface area contributed by atoms with Gasteiger partial charge in [-0.05, 0) is 45.1 Å². The van der Waals surface area contributed by atoms with Crippen LogP contribution in [0, 0.1) is 11.8 Å². The van der Waals surface area contributed by atoms with E-state index >= 15 is 0 Å². The van der Waals surface area contributed by atoms with Crippen molar-refractivity contribution in [3.63, 3.8) is 0 Å². The molecule has 0 spiro atoms. The van der Waals surface area contributed by atoms with Gasteiger partial charge in [-0.3, -0.25) is 4.79 Å². The Labute approximate surface area is 92.0 Å². The molecule has 2 aliphatic rings. The third kappa shape index (κ3) is 2.71. The number of hydrogen-bond acceptors (Lipinski definition) is 2. The molecule has 1 heterocycles. The number of carbonyl (C=O) groups is 1. The van der Waals surface area contributed by atoms with Crippen LogP contribution in [-0.4, -0.2) is 24.5 Å². The molecule has 0 unspecified atom stereocenters. The summed E-state index contributed by atoms with van der Waals surface area (Å²) < 4.78 is 0. The molecule has 0 radical (unpaired) electrons. The van der Waals surface area contributed by atoms with Crippen LogP contribution in [0.25, 0.3) is 0 Å². The largest absolute Gasteiger partial charge is 0.353 e. The Bertz CT molecular complexity index is 236. The first-order valence-corrected chi connectivity index (χ1v) is 6.19. The predicted octanol–water partition coefficient (Wildman–Crippen LogP) is 1.29. The molecule has 1 aliphatic carbocycles. The summed E-state index contributed by atoms with van der Waals surface area (Å²) >= 11 is 0. The molecule has 2 N–H and O–H groups in total. The topological polar surface area (TPSA) is 41.1 Å². The fourth-order valence-electron chi connectivity index (χ4n) is 2.71. The van der Waals surface area contributed by atoms with E-state index in [4.69, 9.17) is 0 Å². The molecule has 2 rings (SSSR count). The molecule has 1 saturated carbocycles. The lowest BCUT2D eigenvalue weighted by atomic mass is 9.81. The third-order valence-electron chi connectivity index (χ3n) is 3.71. The molecule has 0 bridgehead atoms. The van der Waals surface area contributed by atoms with Gasteiger partial charge in [0, 0.05) is 18.0 Å². The number of rotatable bonds is 2. The summed E-state index contributed by atoms with van der Waals surface area (Å²) in [4.78, 5) is 11.9. The Morgan fingerprint density at radius 1 is 1.27 bits per heavy atom. The fraction of sp³-hybridized carbons (Fsp3) is 0.917. The van der Waals surface area contributed by atoms with Gasteiger partial charge >= 0.3 is 0 Å². The molecular formula is C12H22N2O. The molecule has 1 saturated heterocycles. The molecule has 3 nitrogen and oxygen atoms in total. The Morgan fingerprint density at radius 3 is 2.60 bits per heavy atom. The zero-order valence-corrected chi connectivity index (χ0v) is 9.75. The smallest absolute Gasteiger partial charge is 0.223 e. The molecule has 0 aromatic rings. The molecule has 2 atom stereocenters. The molecule has 2 fully saturated rings. The maximum atomic E-state index is 11.9. The van der Waals surface area contributed by atoms with Crippen LogP contribution in [0.5, 0.6) is 0 Å². The van der Waals surface area contributed by atoms with Crippen LogP contribution in [0.3, 0.4) is 0 Å². The second-order valence-electron chi connectivity index (χ2n) is 5.36. The maximum Gasteiger partial charge on any atom is 0.223 e. The van der Waals surface area contributed by atoms with Gasteiger partial charge in [-0.15, -0.1) is 0 Å². The van der Waals surface area contributed by atoms with Crippen molar-refractivity contribution < 1.29 is 4.79 Å². The van der Waals surface area contributed by atoms with Gasteiger partial charge < -0.3 is 10.6 Å². The highest BCUT2D eigenvalue weighted by Crippen LogP contribution is 2.27. The summed E-state index contributed by atoms with van der Waals surface area (Å²) in [5.41, 5.74) is 0. The van der Waals surface area contributed by atoms with E-state index in [-0.39, 0.29) is 5.92 Å². The van der Waals surface area contributed by atoms with E-state index in [0.717, 1.165) is 25.3 Å². The lowest BCUT2D eigenvalue weighted by Gasteiger charge is -2.35. The minimum atomic E-state index is 0.247. The maximum absolute atomic E-state index is 11.9. The number of hydrogen-bond donors (Lipinski definition) is 2. The van der Waals surface area contributed by atoms with Crippen LogP contribution < -0.4 is 10.6 Å². The summed E-state index contributed by atoms with van der Waals surface area (Å²) in [6.45, 7) is 5.39. The molecule has 1 amide bonds. The van der Waals surface area contributed by atoms with Crippen LogP contribution >= 0.6 is 0 Å². The van der Waals surface area contributed by atoms with Crippen LogP contribution in [0.2, 0.25) is 0 Å². The molecule has 86 valence electrons. The molecule has 1 aliphatic heterocycles. The van der Waals surface area contributed by atoms with Gasteiger partial charge in [0.05, 0.1) is 0 Å². The predicted molar refractivity (Wildman–Crippen MR) is 60.5 cm³/mol. The molecular weight excluding hydrogens is 188 g/mol. The normalized spacial score (nSPS) is 40.7. The highest BCUT2D eigenvalue weighted by Gasteiger charge is 2.30. The van der Waals surface area contributed by atoms with Gasteiger partial charge in [-0.1, -0.05) is 6.92 Å². The summed E-state index contributed by atoms with van der Waals surface area (Å²) in [6.07, 6.45) is 4.34. The Hall–Kier alpha value is -0.570. The van der Waals surface area contributed by atoms with Crippen molar-refractivity contribution >= 4 is 5.91 Å². The van der Waals surface area contributed by atoms with Crippen molar-refractivity contribution in [1.82, 2.24) is 10.6 Å². The van der Waals surface area contributed by atoms with Gasteiger partial charge in [0.15, 0.2) is 0 Å². The van der Waals surface area contributed by atoms with Crippen LogP contribution in [0.1, 0.15) is 39.5 Å². The second-order valence-corrected chi connectivity index (χ2v) is 5.36. The molecule has 15 heavy (non-hydrogen) atoms. The third-order valence-corrected chi connectivity index (χ3v) is 3.71. The van der Waals surface area contributed by atoms with E-state index in [9.17, 15) is 4.79 Å². The zero-order chi connectivity index (χ0) is 10.8. The highest BCUT2D eigenvalue weighted by atomic mass is 16.1. The first kappa shape index (κ1) is 10.9. The Kier molecular flexibility index (Phi) is 3.29. The standard InChI is InChI=1S/C12H22N2O/c1-8-5-11(6-8)14-12(15)10-3-4-13-9(2)7-10/h8-11,13H,3-7H2,1-2H3,(H,14,15)/t8?,9-,10-,11?/m0/s1.